The van der Waals surface area contributed by atoms with Gasteiger partial charge in [0, 0.05) is 36.2 Å². The second-order valence-electron chi connectivity index (χ2n) is 4.85. The van der Waals surface area contributed by atoms with Crippen LogP contribution in [-0.4, -0.2) is 12.0 Å². The van der Waals surface area contributed by atoms with Gasteiger partial charge in [0.15, 0.2) is 0 Å². The van der Waals surface area contributed by atoms with E-state index in [1.807, 2.05) is 18.2 Å². The van der Waals surface area contributed by atoms with E-state index in [0.29, 0.717) is 11.4 Å². The Labute approximate surface area is 124 Å². The summed E-state index contributed by atoms with van der Waals surface area (Å²) < 4.78 is 0. The maximum Gasteiger partial charge on any atom is 0.273 e. The van der Waals surface area contributed by atoms with Gasteiger partial charge in [0.2, 0.25) is 0 Å². The maximum atomic E-state index is 10.9. The Balaban J connectivity index is 2.21. The smallest absolute Gasteiger partial charge is 0.273 e. The molecule has 0 radical (unpaired) electrons. The molecule has 0 amide bonds. The van der Waals surface area contributed by atoms with E-state index in [0.717, 1.165) is 18.5 Å². The lowest BCUT2D eigenvalue weighted by molar-refractivity contribution is -0.384. The molecule has 0 unspecified atom stereocenters. The topological polar surface area (TPSA) is 67.2 Å². The lowest BCUT2D eigenvalue weighted by atomic mass is 10.1. The van der Waals surface area contributed by atoms with E-state index >= 15 is 0 Å². The van der Waals surface area contributed by atoms with Gasteiger partial charge in [0.05, 0.1) is 4.92 Å². The quantitative estimate of drug-likeness (QED) is 0.612. The number of aryl methyl sites for hydroxylation is 1. The molecule has 0 fully saturated rings. The SMILES string of the molecule is CCCc1ccc(Nc2cc(NC)cc([N+](=O)[O-])c2)cc1. The highest BCUT2D eigenvalue weighted by molar-refractivity contribution is 5.68. The first-order chi connectivity index (χ1) is 10.1. The molecular formula is C16H19N3O2. The zero-order valence-electron chi connectivity index (χ0n) is 12.2. The molecule has 0 saturated carbocycles. The molecule has 0 bridgehead atoms. The molecule has 2 aromatic rings. The summed E-state index contributed by atoms with van der Waals surface area (Å²) in [5.74, 6) is 0. The molecule has 5 heteroatoms. The third-order valence-corrected chi connectivity index (χ3v) is 3.20. The lowest BCUT2D eigenvalue weighted by Gasteiger charge is -2.09. The van der Waals surface area contributed by atoms with Crippen molar-refractivity contribution in [3.05, 3.63) is 58.1 Å². The van der Waals surface area contributed by atoms with Crippen LogP contribution in [0.3, 0.4) is 0 Å². The summed E-state index contributed by atoms with van der Waals surface area (Å²) in [6.45, 7) is 2.15. The van der Waals surface area contributed by atoms with Crippen molar-refractivity contribution < 1.29 is 4.92 Å². The van der Waals surface area contributed by atoms with E-state index in [9.17, 15) is 10.1 Å². The summed E-state index contributed by atoms with van der Waals surface area (Å²) in [6, 6.07) is 13.0. The van der Waals surface area contributed by atoms with Gasteiger partial charge >= 0.3 is 0 Å². The number of nitrogens with zero attached hydrogens (tertiary/aromatic N) is 1. The molecule has 2 aromatic carbocycles. The van der Waals surface area contributed by atoms with Gasteiger partial charge in [-0.05, 0) is 30.2 Å². The number of hydrogen-bond donors (Lipinski definition) is 2. The molecule has 21 heavy (non-hydrogen) atoms. The predicted molar refractivity (Wildman–Crippen MR) is 86.4 cm³/mol. The summed E-state index contributed by atoms with van der Waals surface area (Å²) in [5.41, 5.74) is 3.66. The standard InChI is InChI=1S/C16H19N3O2/c1-3-4-12-5-7-13(8-6-12)18-15-9-14(17-2)10-16(11-15)19(20)21/h5-11,17-18H,3-4H2,1-2H3. The van der Waals surface area contributed by atoms with Crippen molar-refractivity contribution in [2.45, 2.75) is 19.8 Å². The molecule has 0 spiro atoms. The monoisotopic (exact) mass is 285 g/mol. The number of anilines is 3. The van der Waals surface area contributed by atoms with Gasteiger partial charge in [-0.3, -0.25) is 10.1 Å². The van der Waals surface area contributed by atoms with Crippen LogP contribution < -0.4 is 10.6 Å². The molecule has 0 heterocycles. The minimum atomic E-state index is -0.392. The number of non-ortho nitro benzene ring substituents is 1. The fourth-order valence-electron chi connectivity index (χ4n) is 2.14. The Morgan fingerprint density at radius 3 is 2.29 bits per heavy atom. The predicted octanol–water partition coefficient (Wildman–Crippen LogP) is 4.33. The highest BCUT2D eigenvalue weighted by Crippen LogP contribution is 2.26. The van der Waals surface area contributed by atoms with Gasteiger partial charge in [-0.25, -0.2) is 0 Å². The molecule has 110 valence electrons. The summed E-state index contributed by atoms with van der Waals surface area (Å²) in [5, 5.41) is 17.1. The average molecular weight is 285 g/mol. The van der Waals surface area contributed by atoms with E-state index in [2.05, 4.69) is 29.7 Å². The first-order valence-electron chi connectivity index (χ1n) is 6.95. The van der Waals surface area contributed by atoms with Crippen LogP contribution in [0.25, 0.3) is 0 Å². The molecule has 0 aliphatic rings. The number of hydrogen-bond acceptors (Lipinski definition) is 4. The van der Waals surface area contributed by atoms with E-state index in [1.165, 1.54) is 17.7 Å². The van der Waals surface area contributed by atoms with Crippen LogP contribution in [0.2, 0.25) is 0 Å². The van der Waals surface area contributed by atoms with Crippen LogP contribution in [0.5, 0.6) is 0 Å². The van der Waals surface area contributed by atoms with Gasteiger partial charge in [-0.1, -0.05) is 25.5 Å². The van der Waals surface area contributed by atoms with Gasteiger partial charge in [0.1, 0.15) is 0 Å². The molecule has 0 aliphatic carbocycles. The van der Waals surface area contributed by atoms with Gasteiger partial charge in [0.25, 0.3) is 5.69 Å². The van der Waals surface area contributed by atoms with Crippen LogP contribution in [0.4, 0.5) is 22.7 Å². The Morgan fingerprint density at radius 1 is 1.05 bits per heavy atom. The van der Waals surface area contributed by atoms with Crippen LogP contribution in [0.1, 0.15) is 18.9 Å². The second kappa shape index (κ2) is 6.74. The zero-order valence-corrected chi connectivity index (χ0v) is 12.2. The van der Waals surface area contributed by atoms with Crippen molar-refractivity contribution >= 4 is 22.7 Å². The van der Waals surface area contributed by atoms with Crippen LogP contribution in [0, 0.1) is 10.1 Å². The van der Waals surface area contributed by atoms with Crippen LogP contribution in [-0.2, 0) is 6.42 Å². The maximum absolute atomic E-state index is 10.9. The van der Waals surface area contributed by atoms with E-state index in [4.69, 9.17) is 0 Å². The highest BCUT2D eigenvalue weighted by atomic mass is 16.6. The minimum Gasteiger partial charge on any atom is -0.388 e. The average Bonchev–Trinajstić information content (AvgIpc) is 2.49. The van der Waals surface area contributed by atoms with E-state index < -0.39 is 4.92 Å². The normalized spacial score (nSPS) is 10.2. The van der Waals surface area contributed by atoms with Crippen molar-refractivity contribution in [2.75, 3.05) is 17.7 Å². The molecule has 0 saturated heterocycles. The van der Waals surface area contributed by atoms with Crippen molar-refractivity contribution in [3.63, 3.8) is 0 Å². The van der Waals surface area contributed by atoms with E-state index in [1.54, 1.807) is 7.05 Å². The van der Waals surface area contributed by atoms with Crippen molar-refractivity contribution in [1.29, 1.82) is 0 Å². The molecule has 0 aromatic heterocycles. The molecule has 0 atom stereocenters. The first kappa shape index (κ1) is 14.8. The van der Waals surface area contributed by atoms with Crippen LogP contribution >= 0.6 is 0 Å². The number of nitro groups is 1. The fraction of sp³-hybridized carbons (Fsp3) is 0.250. The summed E-state index contributed by atoms with van der Waals surface area (Å²) in [6.07, 6.45) is 2.17. The van der Waals surface area contributed by atoms with Crippen LogP contribution in [0.15, 0.2) is 42.5 Å². The third kappa shape index (κ3) is 3.95. The first-order valence-corrected chi connectivity index (χ1v) is 6.95. The van der Waals surface area contributed by atoms with Crippen molar-refractivity contribution in [1.82, 2.24) is 0 Å². The Hall–Kier alpha value is -2.56. The minimum absolute atomic E-state index is 0.0620. The number of rotatable bonds is 6. The lowest BCUT2D eigenvalue weighted by Crippen LogP contribution is -1.97. The summed E-state index contributed by atoms with van der Waals surface area (Å²) in [7, 11) is 1.74. The van der Waals surface area contributed by atoms with E-state index in [-0.39, 0.29) is 5.69 Å². The van der Waals surface area contributed by atoms with Gasteiger partial charge < -0.3 is 10.6 Å². The van der Waals surface area contributed by atoms with Gasteiger partial charge in [-0.2, -0.15) is 0 Å². The molecule has 2 N–H and O–H groups in total. The summed E-state index contributed by atoms with van der Waals surface area (Å²) in [4.78, 5) is 10.5. The second-order valence-corrected chi connectivity index (χ2v) is 4.85. The Kier molecular flexibility index (Phi) is 4.77. The van der Waals surface area contributed by atoms with Gasteiger partial charge in [-0.15, -0.1) is 0 Å². The molecule has 5 nitrogen and oxygen atoms in total. The highest BCUT2D eigenvalue weighted by Gasteiger charge is 2.09. The zero-order chi connectivity index (χ0) is 15.2. The Morgan fingerprint density at radius 2 is 1.71 bits per heavy atom. The Bertz CT molecular complexity index is 624. The number of benzene rings is 2. The van der Waals surface area contributed by atoms with Crippen molar-refractivity contribution in [2.24, 2.45) is 0 Å². The molecular weight excluding hydrogens is 266 g/mol. The largest absolute Gasteiger partial charge is 0.388 e. The molecule has 0 aliphatic heterocycles. The van der Waals surface area contributed by atoms with Crippen molar-refractivity contribution in [3.8, 4) is 0 Å². The third-order valence-electron chi connectivity index (χ3n) is 3.20. The number of nitro benzene ring substituents is 1. The fourth-order valence-corrected chi connectivity index (χ4v) is 2.14. The molecule has 2 rings (SSSR count). The number of nitrogens with one attached hydrogen (secondary N) is 2. The summed E-state index contributed by atoms with van der Waals surface area (Å²) >= 11 is 0.